The molecule has 3 fully saturated rings. The molecule has 1 saturated carbocycles. The maximum Gasteiger partial charge on any atom is 0.196 e. The van der Waals surface area contributed by atoms with Crippen molar-refractivity contribution in [3.8, 4) is 0 Å². The number of H-pyrrole nitrogens is 1. The molecule has 0 bridgehead atoms. The molecule has 6 rings (SSSR count). The fourth-order valence-electron chi connectivity index (χ4n) is 4.77. The summed E-state index contributed by atoms with van der Waals surface area (Å²) >= 11 is 1.53. The minimum atomic E-state index is 0.250. The van der Waals surface area contributed by atoms with Gasteiger partial charge in [0.15, 0.2) is 11.0 Å². The molecule has 0 spiro atoms. The number of aromatic amines is 1. The van der Waals surface area contributed by atoms with Crippen molar-refractivity contribution >= 4 is 35.0 Å². The van der Waals surface area contributed by atoms with Gasteiger partial charge >= 0.3 is 0 Å². The third kappa shape index (κ3) is 5.97. The van der Waals surface area contributed by atoms with Crippen LogP contribution < -0.4 is 10.2 Å². The number of carbonyl (C=O) groups excluding carboxylic acids is 1. The lowest BCUT2D eigenvalue weighted by molar-refractivity contribution is -0.118. The summed E-state index contributed by atoms with van der Waals surface area (Å²) in [6.45, 7) is 7.44. The van der Waals surface area contributed by atoms with Crippen molar-refractivity contribution in [1.82, 2.24) is 25.1 Å². The van der Waals surface area contributed by atoms with Gasteiger partial charge in [0.25, 0.3) is 0 Å². The number of benzene rings is 1. The largest absolute Gasteiger partial charge is 0.379 e. The fraction of sp³-hybridized carbons (Fsp3) is 0.481. The number of nitrogens with one attached hydrogen (secondary N) is 2. The summed E-state index contributed by atoms with van der Waals surface area (Å²) < 4.78 is 5.51. The van der Waals surface area contributed by atoms with E-state index in [0.717, 1.165) is 67.3 Å². The number of ether oxygens (including phenoxy) is 1. The lowest BCUT2D eigenvalue weighted by atomic mass is 10.1. The van der Waals surface area contributed by atoms with Gasteiger partial charge in [0.2, 0.25) is 0 Å². The lowest BCUT2D eigenvalue weighted by Gasteiger charge is -2.47. The molecule has 1 aromatic carbocycles. The van der Waals surface area contributed by atoms with E-state index in [-0.39, 0.29) is 5.78 Å². The highest BCUT2D eigenvalue weighted by molar-refractivity contribution is 7.99. The first kappa shape index (κ1) is 24.4. The summed E-state index contributed by atoms with van der Waals surface area (Å²) in [5.41, 5.74) is 2.22. The predicted octanol–water partition coefficient (Wildman–Crippen LogP) is 4.01. The van der Waals surface area contributed by atoms with Crippen LogP contribution in [0, 0.1) is 0 Å². The van der Waals surface area contributed by atoms with Crippen LogP contribution in [-0.4, -0.2) is 76.3 Å². The minimum Gasteiger partial charge on any atom is -0.379 e. The van der Waals surface area contributed by atoms with E-state index < -0.39 is 0 Å². The van der Waals surface area contributed by atoms with Crippen molar-refractivity contribution in [2.75, 3.05) is 49.6 Å². The fourth-order valence-corrected chi connectivity index (χ4v) is 5.54. The quantitative estimate of drug-likeness (QED) is 0.385. The van der Waals surface area contributed by atoms with E-state index in [4.69, 9.17) is 14.7 Å². The zero-order chi connectivity index (χ0) is 25.2. The van der Waals surface area contributed by atoms with Gasteiger partial charge in [0.1, 0.15) is 17.4 Å². The Morgan fingerprint density at radius 2 is 1.89 bits per heavy atom. The summed E-state index contributed by atoms with van der Waals surface area (Å²) in [4.78, 5) is 27.4. The van der Waals surface area contributed by atoms with E-state index in [1.165, 1.54) is 30.3 Å². The van der Waals surface area contributed by atoms with Crippen LogP contribution in [0.4, 0.5) is 17.5 Å². The Morgan fingerprint density at radius 3 is 2.62 bits per heavy atom. The summed E-state index contributed by atoms with van der Waals surface area (Å²) in [7, 11) is 0. The molecular weight excluding hydrogens is 486 g/mol. The molecule has 2 saturated heterocycles. The van der Waals surface area contributed by atoms with Gasteiger partial charge in [-0.25, -0.2) is 9.97 Å². The minimum absolute atomic E-state index is 0.250. The topological polar surface area (TPSA) is 99.3 Å². The smallest absolute Gasteiger partial charge is 0.196 e. The molecule has 0 amide bonds. The Hall–Kier alpha value is -2.95. The zero-order valence-electron chi connectivity index (χ0n) is 21.2. The number of rotatable bonds is 10. The molecule has 4 heterocycles. The molecule has 0 unspecified atom stereocenters. The Labute approximate surface area is 221 Å². The first-order valence-electron chi connectivity index (χ1n) is 13.2. The number of ketones is 1. The lowest BCUT2D eigenvalue weighted by Crippen LogP contribution is -2.61. The summed E-state index contributed by atoms with van der Waals surface area (Å²) in [6, 6.07) is 12.8. The second-order valence-corrected chi connectivity index (χ2v) is 11.1. The van der Waals surface area contributed by atoms with Crippen molar-refractivity contribution in [2.24, 2.45) is 0 Å². The van der Waals surface area contributed by atoms with E-state index in [9.17, 15) is 4.79 Å². The highest BCUT2D eigenvalue weighted by Crippen LogP contribution is 2.40. The van der Waals surface area contributed by atoms with Gasteiger partial charge in [0, 0.05) is 73.7 Å². The monoisotopic (exact) mass is 519 g/mol. The van der Waals surface area contributed by atoms with Gasteiger partial charge in [-0.3, -0.25) is 14.8 Å². The van der Waals surface area contributed by atoms with E-state index in [1.54, 1.807) is 0 Å². The van der Waals surface area contributed by atoms with Crippen molar-refractivity contribution in [3.05, 3.63) is 47.7 Å². The van der Waals surface area contributed by atoms with E-state index in [0.29, 0.717) is 30.0 Å². The number of anilines is 3. The second-order valence-electron chi connectivity index (χ2n) is 10.0. The molecule has 3 aliphatic rings. The molecule has 1 aliphatic carbocycles. The highest BCUT2D eigenvalue weighted by Gasteiger charge is 2.34. The average Bonchev–Trinajstić information content (AvgIpc) is 3.63. The van der Waals surface area contributed by atoms with Gasteiger partial charge in [-0.1, -0.05) is 19.1 Å². The van der Waals surface area contributed by atoms with Crippen LogP contribution in [0.5, 0.6) is 0 Å². The van der Waals surface area contributed by atoms with E-state index in [2.05, 4.69) is 31.4 Å². The van der Waals surface area contributed by atoms with Crippen molar-refractivity contribution in [1.29, 1.82) is 0 Å². The van der Waals surface area contributed by atoms with Crippen molar-refractivity contribution < 1.29 is 9.53 Å². The van der Waals surface area contributed by atoms with Crippen LogP contribution >= 0.6 is 11.8 Å². The number of morpholine rings is 1. The molecule has 3 aromatic rings. The third-order valence-corrected chi connectivity index (χ3v) is 8.11. The molecule has 0 radical (unpaired) electrons. The standard InChI is InChI=1S/C27H33N7O2S/c1-2-21(35)13-18-3-7-22(8-4-18)37-27-29-24(28-25-14-23(31-32-25)19-5-6-19)15-26(30-27)34-16-20(17-34)33-9-11-36-12-10-33/h3-4,7-8,14-15,19-20H,2,5-6,9-13,16-17H2,1H3,(H2,28,29,30,31,32). The summed E-state index contributed by atoms with van der Waals surface area (Å²) in [5.74, 6) is 3.31. The van der Waals surface area contributed by atoms with Gasteiger partial charge < -0.3 is 15.0 Å². The highest BCUT2D eigenvalue weighted by atomic mass is 32.2. The van der Waals surface area contributed by atoms with Crippen molar-refractivity contribution in [2.45, 2.75) is 54.6 Å². The molecule has 9 nitrogen and oxygen atoms in total. The maximum atomic E-state index is 11.8. The van der Waals surface area contributed by atoms with Gasteiger partial charge in [0.05, 0.1) is 13.2 Å². The van der Waals surface area contributed by atoms with Crippen LogP contribution in [0.3, 0.4) is 0 Å². The molecule has 2 aromatic heterocycles. The first-order chi connectivity index (χ1) is 18.1. The number of hydrogen-bond donors (Lipinski definition) is 2. The third-order valence-electron chi connectivity index (χ3n) is 7.24. The maximum absolute atomic E-state index is 11.8. The van der Waals surface area contributed by atoms with Crippen LogP contribution in [0.1, 0.15) is 43.4 Å². The average molecular weight is 520 g/mol. The summed E-state index contributed by atoms with van der Waals surface area (Å²) in [6.07, 6.45) is 3.50. The number of carbonyl (C=O) groups is 1. The molecular formula is C27H33N7O2S. The van der Waals surface area contributed by atoms with Crippen LogP contribution in [-0.2, 0) is 16.0 Å². The van der Waals surface area contributed by atoms with Gasteiger partial charge in [-0.05, 0) is 42.3 Å². The Kier molecular flexibility index (Phi) is 7.12. The molecule has 2 N–H and O–H groups in total. The van der Waals surface area contributed by atoms with Gasteiger partial charge in [-0.15, -0.1) is 0 Å². The Bertz CT molecular complexity index is 1230. The molecule has 37 heavy (non-hydrogen) atoms. The second kappa shape index (κ2) is 10.8. The number of Topliss-reactive ketones (excluding diaryl/α,β-unsaturated/α-hetero) is 1. The number of hydrogen-bond acceptors (Lipinski definition) is 9. The molecule has 2 aliphatic heterocycles. The van der Waals surface area contributed by atoms with E-state index >= 15 is 0 Å². The zero-order valence-corrected chi connectivity index (χ0v) is 22.0. The van der Waals surface area contributed by atoms with Crippen LogP contribution in [0.25, 0.3) is 0 Å². The Morgan fingerprint density at radius 1 is 1.11 bits per heavy atom. The SMILES string of the molecule is CCC(=O)Cc1ccc(Sc2nc(Nc3cc(C4CC4)[nH]n3)cc(N3CC(N4CCOCC4)C3)n2)cc1. The van der Waals surface area contributed by atoms with E-state index in [1.807, 2.05) is 37.3 Å². The van der Waals surface area contributed by atoms with Gasteiger partial charge in [-0.2, -0.15) is 5.10 Å². The van der Waals surface area contributed by atoms with Crippen LogP contribution in [0.2, 0.25) is 0 Å². The molecule has 0 atom stereocenters. The number of aromatic nitrogens is 4. The first-order valence-corrected chi connectivity index (χ1v) is 14.0. The predicted molar refractivity (Wildman–Crippen MR) is 144 cm³/mol. The molecule has 194 valence electrons. The van der Waals surface area contributed by atoms with Crippen LogP contribution in [0.15, 0.2) is 46.5 Å². The summed E-state index contributed by atoms with van der Waals surface area (Å²) in [5, 5.41) is 11.7. The Balaban J connectivity index is 1.19. The van der Waals surface area contributed by atoms with Crippen molar-refractivity contribution in [3.63, 3.8) is 0 Å². The number of nitrogens with zero attached hydrogens (tertiary/aromatic N) is 5. The normalized spacial score (nSPS) is 18.6. The molecule has 10 heteroatoms.